The van der Waals surface area contributed by atoms with Crippen LogP contribution in [0.1, 0.15) is 26.3 Å². The second-order valence-electron chi connectivity index (χ2n) is 6.37. The van der Waals surface area contributed by atoms with E-state index in [2.05, 4.69) is 33.0 Å². The van der Waals surface area contributed by atoms with E-state index in [9.17, 15) is 9.59 Å². The molecule has 0 bridgehead atoms. The molecule has 0 heterocycles. The molecular formula is C24H18BrClN2O4. The number of ether oxygens (including phenoxy) is 2. The molecule has 0 atom stereocenters. The molecule has 162 valence electrons. The van der Waals surface area contributed by atoms with Gasteiger partial charge in [0.1, 0.15) is 18.1 Å². The van der Waals surface area contributed by atoms with Crippen molar-refractivity contribution in [1.29, 1.82) is 0 Å². The van der Waals surface area contributed by atoms with E-state index in [1.54, 1.807) is 72.8 Å². The lowest BCUT2D eigenvalue weighted by Gasteiger charge is -2.10. The number of para-hydroxylation sites is 1. The summed E-state index contributed by atoms with van der Waals surface area (Å²) >= 11 is 9.20. The van der Waals surface area contributed by atoms with E-state index in [1.807, 2.05) is 0 Å². The van der Waals surface area contributed by atoms with Gasteiger partial charge in [0, 0.05) is 15.1 Å². The van der Waals surface area contributed by atoms with Gasteiger partial charge in [-0.3, -0.25) is 4.79 Å². The van der Waals surface area contributed by atoms with Crippen LogP contribution in [0.4, 0.5) is 0 Å². The summed E-state index contributed by atoms with van der Waals surface area (Å²) in [6, 6.07) is 18.3. The first-order chi connectivity index (χ1) is 15.5. The quantitative estimate of drug-likeness (QED) is 0.139. The molecule has 0 unspecified atom stereocenters. The predicted molar refractivity (Wildman–Crippen MR) is 128 cm³/mol. The molecule has 0 spiro atoms. The summed E-state index contributed by atoms with van der Waals surface area (Å²) in [5.74, 6) is -0.303. The number of hydrogen-bond acceptors (Lipinski definition) is 5. The predicted octanol–water partition coefficient (Wildman–Crippen LogP) is 5.65. The monoisotopic (exact) mass is 512 g/mol. The van der Waals surface area contributed by atoms with Gasteiger partial charge in [0.2, 0.25) is 0 Å². The highest BCUT2D eigenvalue weighted by molar-refractivity contribution is 9.10. The van der Waals surface area contributed by atoms with Gasteiger partial charge in [0.25, 0.3) is 5.91 Å². The Labute approximate surface area is 198 Å². The number of esters is 1. The topological polar surface area (TPSA) is 77.0 Å². The number of hydrogen-bond donors (Lipinski definition) is 1. The maximum atomic E-state index is 12.6. The number of carbonyl (C=O) groups excluding carboxylic acids is 2. The fourth-order valence-electron chi connectivity index (χ4n) is 2.60. The first-order valence-electron chi connectivity index (χ1n) is 9.41. The van der Waals surface area contributed by atoms with Crippen LogP contribution in [-0.2, 0) is 0 Å². The second-order valence-corrected chi connectivity index (χ2v) is 7.73. The minimum absolute atomic E-state index is 0.261. The summed E-state index contributed by atoms with van der Waals surface area (Å²) in [4.78, 5) is 25.0. The Kier molecular flexibility index (Phi) is 8.19. The molecule has 32 heavy (non-hydrogen) atoms. The lowest BCUT2D eigenvalue weighted by atomic mass is 10.2. The molecule has 0 aliphatic rings. The third-order valence-electron chi connectivity index (χ3n) is 4.11. The Balaban J connectivity index is 1.72. The summed E-state index contributed by atoms with van der Waals surface area (Å²) in [6.07, 6.45) is 2.98. The maximum Gasteiger partial charge on any atom is 0.343 e. The van der Waals surface area contributed by atoms with Crippen LogP contribution in [0.25, 0.3) is 0 Å². The van der Waals surface area contributed by atoms with Crippen molar-refractivity contribution in [2.45, 2.75) is 0 Å². The van der Waals surface area contributed by atoms with Gasteiger partial charge in [0.05, 0.1) is 17.3 Å². The molecule has 0 saturated carbocycles. The Morgan fingerprint density at radius 2 is 1.81 bits per heavy atom. The van der Waals surface area contributed by atoms with Crippen molar-refractivity contribution >= 4 is 45.6 Å². The van der Waals surface area contributed by atoms with Gasteiger partial charge in [-0.05, 0) is 54.6 Å². The molecule has 0 aliphatic heterocycles. The van der Waals surface area contributed by atoms with Gasteiger partial charge in [-0.25, -0.2) is 10.2 Å². The van der Waals surface area contributed by atoms with Crippen LogP contribution in [0.3, 0.4) is 0 Å². The van der Waals surface area contributed by atoms with Crippen molar-refractivity contribution in [2.75, 3.05) is 6.61 Å². The number of amides is 1. The van der Waals surface area contributed by atoms with Crippen LogP contribution in [0.2, 0.25) is 5.02 Å². The molecule has 0 radical (unpaired) electrons. The van der Waals surface area contributed by atoms with Gasteiger partial charge >= 0.3 is 5.97 Å². The van der Waals surface area contributed by atoms with Crippen molar-refractivity contribution < 1.29 is 19.1 Å². The standard InChI is InChI=1S/C24H18BrClN2O4/c1-2-13-31-22-12-9-18(25)14-20(22)23(29)28-27-15-17-5-3-4-6-21(17)32-24(30)16-7-10-19(26)11-8-16/h2-12,14-15H,1,13H2,(H,28,29)/b27-15-. The molecule has 3 aromatic rings. The molecular weight excluding hydrogens is 496 g/mol. The van der Waals surface area contributed by atoms with E-state index >= 15 is 0 Å². The van der Waals surface area contributed by atoms with E-state index in [4.69, 9.17) is 21.1 Å². The second kappa shape index (κ2) is 11.3. The van der Waals surface area contributed by atoms with Crippen LogP contribution in [0.5, 0.6) is 11.5 Å². The van der Waals surface area contributed by atoms with E-state index in [-0.39, 0.29) is 6.61 Å². The molecule has 0 aliphatic carbocycles. The normalized spacial score (nSPS) is 10.6. The minimum atomic E-state index is -0.537. The molecule has 1 N–H and O–H groups in total. The molecule has 1 amide bonds. The van der Waals surface area contributed by atoms with Crippen LogP contribution in [-0.4, -0.2) is 24.7 Å². The zero-order valence-electron chi connectivity index (χ0n) is 16.8. The zero-order valence-corrected chi connectivity index (χ0v) is 19.1. The van der Waals surface area contributed by atoms with Gasteiger partial charge in [-0.2, -0.15) is 5.10 Å². The highest BCUT2D eigenvalue weighted by atomic mass is 79.9. The Morgan fingerprint density at radius 1 is 1.06 bits per heavy atom. The van der Waals surface area contributed by atoms with Gasteiger partial charge in [-0.1, -0.05) is 52.3 Å². The number of nitrogens with zero attached hydrogens (tertiary/aromatic N) is 1. The van der Waals surface area contributed by atoms with E-state index in [0.717, 1.165) is 4.47 Å². The molecule has 8 heteroatoms. The minimum Gasteiger partial charge on any atom is -0.489 e. The lowest BCUT2D eigenvalue weighted by molar-refractivity contribution is 0.0734. The number of benzene rings is 3. The fourth-order valence-corrected chi connectivity index (χ4v) is 3.09. The summed E-state index contributed by atoms with van der Waals surface area (Å²) in [7, 11) is 0. The average molecular weight is 514 g/mol. The van der Waals surface area contributed by atoms with E-state index < -0.39 is 11.9 Å². The van der Waals surface area contributed by atoms with E-state index in [1.165, 1.54) is 6.21 Å². The first kappa shape index (κ1) is 23.2. The maximum absolute atomic E-state index is 12.6. The largest absolute Gasteiger partial charge is 0.489 e. The van der Waals surface area contributed by atoms with Gasteiger partial charge in [0.15, 0.2) is 0 Å². The Bertz CT molecular complexity index is 1160. The molecule has 0 aromatic heterocycles. The van der Waals surface area contributed by atoms with E-state index in [0.29, 0.717) is 33.2 Å². The number of halogens is 2. The fraction of sp³-hybridized carbons (Fsp3) is 0.0417. The third-order valence-corrected chi connectivity index (χ3v) is 4.86. The first-order valence-corrected chi connectivity index (χ1v) is 10.6. The Hall–Kier alpha value is -3.42. The third kappa shape index (κ3) is 6.29. The van der Waals surface area contributed by atoms with Crippen molar-refractivity contribution in [2.24, 2.45) is 5.10 Å². The lowest BCUT2D eigenvalue weighted by Crippen LogP contribution is -2.19. The Morgan fingerprint density at radius 3 is 2.56 bits per heavy atom. The highest BCUT2D eigenvalue weighted by Crippen LogP contribution is 2.23. The highest BCUT2D eigenvalue weighted by Gasteiger charge is 2.14. The number of hydrazone groups is 1. The summed E-state index contributed by atoms with van der Waals surface area (Å²) < 4.78 is 11.7. The van der Waals surface area contributed by atoms with Gasteiger partial charge in [-0.15, -0.1) is 0 Å². The number of nitrogens with one attached hydrogen (secondary N) is 1. The van der Waals surface area contributed by atoms with Crippen molar-refractivity contribution in [1.82, 2.24) is 5.43 Å². The molecule has 0 fully saturated rings. The van der Waals surface area contributed by atoms with Crippen molar-refractivity contribution in [3.63, 3.8) is 0 Å². The van der Waals surface area contributed by atoms with Crippen LogP contribution in [0.15, 0.2) is 89.0 Å². The van der Waals surface area contributed by atoms with Gasteiger partial charge < -0.3 is 9.47 Å². The molecule has 3 rings (SSSR count). The molecule has 3 aromatic carbocycles. The molecule has 6 nitrogen and oxygen atoms in total. The number of rotatable bonds is 8. The van der Waals surface area contributed by atoms with Crippen molar-refractivity contribution in [3.8, 4) is 11.5 Å². The average Bonchev–Trinajstić information content (AvgIpc) is 2.79. The van der Waals surface area contributed by atoms with Crippen molar-refractivity contribution in [3.05, 3.63) is 106 Å². The molecule has 0 saturated heterocycles. The van der Waals surface area contributed by atoms with Crippen LogP contribution >= 0.6 is 27.5 Å². The zero-order chi connectivity index (χ0) is 22.9. The summed E-state index contributed by atoms with van der Waals surface area (Å²) in [5, 5.41) is 4.52. The SMILES string of the molecule is C=CCOc1ccc(Br)cc1C(=O)N/N=C\c1ccccc1OC(=O)c1ccc(Cl)cc1. The van der Waals surface area contributed by atoms with Crippen LogP contribution in [0, 0.1) is 0 Å². The number of carbonyl (C=O) groups is 2. The summed E-state index contributed by atoms with van der Waals surface area (Å²) in [6.45, 7) is 3.86. The smallest absolute Gasteiger partial charge is 0.343 e. The van der Waals surface area contributed by atoms with Crippen LogP contribution < -0.4 is 14.9 Å². The summed E-state index contributed by atoms with van der Waals surface area (Å²) in [5.41, 5.74) is 3.63.